The number of aliphatic hydroxyl groups is 1. The molecule has 0 unspecified atom stereocenters. The third kappa shape index (κ3) is 12.4. The van der Waals surface area contributed by atoms with Gasteiger partial charge in [0, 0.05) is 38.7 Å². The van der Waals surface area contributed by atoms with E-state index < -0.39 is 33.9 Å². The lowest BCUT2D eigenvalue weighted by Gasteiger charge is -2.26. The molecule has 3 rings (SSSR count). The Bertz CT molecular complexity index is 1430. The van der Waals surface area contributed by atoms with E-state index in [2.05, 4.69) is 10.6 Å². The number of methoxy groups -OCH3 is 1. The zero-order valence-electron chi connectivity index (χ0n) is 26.4. The molecule has 0 saturated carbocycles. The van der Waals surface area contributed by atoms with E-state index in [1.54, 1.807) is 13.2 Å². The molecule has 0 radical (unpaired) electrons. The van der Waals surface area contributed by atoms with Gasteiger partial charge in [-0.15, -0.1) is 0 Å². The Kier molecular flexibility index (Phi) is 14.8. The number of rotatable bonds is 20. The standard InChI is InChI=1S/C34H46FN3O6S/c1-4-15-38(16-5-2)45(41,42)17-14-34(40)37-32(33(39)24-36-23-27-12-9-13-30(19-27)43-3)21-28-18-29(35)22-31(20-28)44-25-26-10-7-6-8-11-26/h6-13,18-20,22,32-33,36,39H,4-5,14-17,21,23-25H2,1-3H3,(H,37,40)/t32-,33-/m0/s1. The largest absolute Gasteiger partial charge is 0.497 e. The fourth-order valence-electron chi connectivity index (χ4n) is 4.91. The van der Waals surface area contributed by atoms with Gasteiger partial charge in [0.25, 0.3) is 0 Å². The van der Waals surface area contributed by atoms with E-state index in [0.29, 0.717) is 49.5 Å². The molecule has 3 aromatic carbocycles. The molecule has 9 nitrogen and oxygen atoms in total. The predicted molar refractivity (Wildman–Crippen MR) is 174 cm³/mol. The van der Waals surface area contributed by atoms with E-state index in [0.717, 1.165) is 11.1 Å². The highest BCUT2D eigenvalue weighted by Gasteiger charge is 2.25. The van der Waals surface area contributed by atoms with Crippen LogP contribution in [0.2, 0.25) is 0 Å². The van der Waals surface area contributed by atoms with Gasteiger partial charge in [-0.3, -0.25) is 4.79 Å². The Balaban J connectivity index is 1.71. The quantitative estimate of drug-likeness (QED) is 0.167. The third-order valence-electron chi connectivity index (χ3n) is 7.19. The number of nitrogens with one attached hydrogen (secondary N) is 2. The summed E-state index contributed by atoms with van der Waals surface area (Å²) in [6.45, 7) is 5.41. The molecule has 45 heavy (non-hydrogen) atoms. The molecule has 1 amide bonds. The molecule has 0 heterocycles. The molecular formula is C34H46FN3O6S. The monoisotopic (exact) mass is 643 g/mol. The number of hydrogen-bond acceptors (Lipinski definition) is 7. The molecule has 0 spiro atoms. The molecule has 0 aromatic heterocycles. The number of amides is 1. The van der Waals surface area contributed by atoms with Gasteiger partial charge < -0.3 is 25.2 Å². The molecule has 0 saturated heterocycles. The minimum absolute atomic E-state index is 0.0950. The van der Waals surface area contributed by atoms with Gasteiger partial charge in [0.2, 0.25) is 15.9 Å². The number of nitrogens with zero attached hydrogens (tertiary/aromatic N) is 1. The number of carbonyl (C=O) groups excluding carboxylic acids is 1. The maximum Gasteiger partial charge on any atom is 0.221 e. The first-order chi connectivity index (χ1) is 21.6. The Morgan fingerprint density at radius 3 is 2.31 bits per heavy atom. The average Bonchev–Trinajstić information content (AvgIpc) is 3.03. The minimum Gasteiger partial charge on any atom is -0.497 e. The number of hydrogen-bond donors (Lipinski definition) is 3. The van der Waals surface area contributed by atoms with Crippen LogP contribution in [0.25, 0.3) is 0 Å². The van der Waals surface area contributed by atoms with E-state index >= 15 is 0 Å². The average molecular weight is 644 g/mol. The van der Waals surface area contributed by atoms with Crippen LogP contribution in [0.15, 0.2) is 72.8 Å². The Morgan fingerprint density at radius 1 is 0.933 bits per heavy atom. The smallest absolute Gasteiger partial charge is 0.221 e. The van der Waals surface area contributed by atoms with Crippen molar-refractivity contribution in [2.75, 3.05) is 32.5 Å². The third-order valence-corrected chi connectivity index (χ3v) is 9.06. The van der Waals surface area contributed by atoms with Crippen molar-refractivity contribution in [2.24, 2.45) is 0 Å². The molecule has 2 atom stereocenters. The molecule has 0 fully saturated rings. The Morgan fingerprint density at radius 2 is 1.62 bits per heavy atom. The van der Waals surface area contributed by atoms with Gasteiger partial charge in [0.05, 0.1) is 25.0 Å². The lowest BCUT2D eigenvalue weighted by molar-refractivity contribution is -0.122. The van der Waals surface area contributed by atoms with Gasteiger partial charge in [-0.05, 0) is 60.2 Å². The first-order valence-electron chi connectivity index (χ1n) is 15.4. The van der Waals surface area contributed by atoms with Gasteiger partial charge in [0.15, 0.2) is 0 Å². The van der Waals surface area contributed by atoms with Crippen LogP contribution >= 0.6 is 0 Å². The lowest BCUT2D eigenvalue weighted by atomic mass is 10.00. The predicted octanol–water partition coefficient (Wildman–Crippen LogP) is 4.43. The first-order valence-corrected chi connectivity index (χ1v) is 17.0. The molecule has 3 aromatic rings. The van der Waals surface area contributed by atoms with Crippen LogP contribution in [0.1, 0.15) is 49.8 Å². The van der Waals surface area contributed by atoms with Crippen LogP contribution in [0, 0.1) is 5.82 Å². The van der Waals surface area contributed by atoms with Crippen LogP contribution in [-0.2, 0) is 34.4 Å². The summed E-state index contributed by atoms with van der Waals surface area (Å²) < 4.78 is 53.0. The maximum absolute atomic E-state index is 14.6. The van der Waals surface area contributed by atoms with Crippen LogP contribution in [0.3, 0.4) is 0 Å². The highest BCUT2D eigenvalue weighted by atomic mass is 32.2. The summed E-state index contributed by atoms with van der Waals surface area (Å²) in [5.41, 5.74) is 2.39. The van der Waals surface area contributed by atoms with Crippen LogP contribution in [0.4, 0.5) is 4.39 Å². The topological polar surface area (TPSA) is 117 Å². The molecule has 0 bridgehead atoms. The number of sulfonamides is 1. The van der Waals surface area contributed by atoms with Crippen molar-refractivity contribution in [1.82, 2.24) is 14.9 Å². The van der Waals surface area contributed by atoms with Crippen LogP contribution < -0.4 is 20.1 Å². The summed E-state index contributed by atoms with van der Waals surface area (Å²) in [6, 6.07) is 20.5. The number of halogens is 1. The second-order valence-corrected chi connectivity index (χ2v) is 13.1. The second-order valence-electron chi connectivity index (χ2n) is 11.0. The maximum atomic E-state index is 14.6. The van der Waals surface area contributed by atoms with Gasteiger partial charge in [-0.1, -0.05) is 56.3 Å². The second kappa shape index (κ2) is 18.5. The first kappa shape index (κ1) is 36.0. The number of carbonyl (C=O) groups is 1. The SMILES string of the molecule is CCCN(CCC)S(=O)(=O)CCC(=O)N[C@@H](Cc1cc(F)cc(OCc2ccccc2)c1)[C@@H](O)CNCc1cccc(OC)c1. The van der Waals surface area contributed by atoms with E-state index in [-0.39, 0.29) is 31.7 Å². The molecule has 3 N–H and O–H groups in total. The highest BCUT2D eigenvalue weighted by Crippen LogP contribution is 2.20. The molecule has 0 aliphatic rings. The normalized spacial score (nSPS) is 12.9. The molecule has 246 valence electrons. The fraction of sp³-hybridized carbons (Fsp3) is 0.441. The summed E-state index contributed by atoms with van der Waals surface area (Å²) >= 11 is 0. The summed E-state index contributed by atoms with van der Waals surface area (Å²) in [7, 11) is -2.04. The van der Waals surface area contributed by atoms with E-state index in [4.69, 9.17) is 9.47 Å². The van der Waals surface area contributed by atoms with Crippen molar-refractivity contribution in [3.8, 4) is 11.5 Å². The number of benzene rings is 3. The van der Waals surface area contributed by atoms with Gasteiger partial charge in [-0.25, -0.2) is 17.1 Å². The van der Waals surface area contributed by atoms with Crippen molar-refractivity contribution >= 4 is 15.9 Å². The zero-order valence-corrected chi connectivity index (χ0v) is 27.2. The summed E-state index contributed by atoms with van der Waals surface area (Å²) in [6.07, 6.45) is 0.115. The number of aliphatic hydroxyl groups excluding tert-OH is 1. The number of ether oxygens (including phenoxy) is 2. The minimum atomic E-state index is -3.63. The van der Waals surface area contributed by atoms with Crippen LogP contribution in [0.5, 0.6) is 11.5 Å². The summed E-state index contributed by atoms with van der Waals surface area (Å²) in [5.74, 6) is -0.331. The molecule has 0 aliphatic heterocycles. The van der Waals surface area contributed by atoms with E-state index in [1.165, 1.54) is 16.4 Å². The van der Waals surface area contributed by atoms with Crippen molar-refractivity contribution in [1.29, 1.82) is 0 Å². The fourth-order valence-corrected chi connectivity index (χ4v) is 6.53. The van der Waals surface area contributed by atoms with Crippen molar-refractivity contribution in [3.63, 3.8) is 0 Å². The van der Waals surface area contributed by atoms with E-state index in [9.17, 15) is 22.7 Å². The summed E-state index contributed by atoms with van der Waals surface area (Å²) in [5, 5.41) is 17.2. The van der Waals surface area contributed by atoms with Crippen molar-refractivity contribution in [3.05, 3.63) is 95.3 Å². The van der Waals surface area contributed by atoms with Gasteiger partial charge >= 0.3 is 0 Å². The summed E-state index contributed by atoms with van der Waals surface area (Å²) in [4.78, 5) is 13.1. The molecule has 0 aliphatic carbocycles. The zero-order chi connectivity index (χ0) is 32.7. The molecular weight excluding hydrogens is 597 g/mol. The highest BCUT2D eigenvalue weighted by molar-refractivity contribution is 7.89. The van der Waals surface area contributed by atoms with Crippen LogP contribution in [-0.4, -0.2) is 68.4 Å². The van der Waals surface area contributed by atoms with Crippen molar-refractivity contribution in [2.45, 2.75) is 64.8 Å². The van der Waals surface area contributed by atoms with E-state index in [1.807, 2.05) is 68.4 Å². The van der Waals surface area contributed by atoms with Crippen molar-refractivity contribution < 1.29 is 32.2 Å². The Hall–Kier alpha value is -3.51. The Labute approximate surface area is 266 Å². The van der Waals surface area contributed by atoms with Gasteiger partial charge in [-0.2, -0.15) is 0 Å². The molecule has 11 heteroatoms. The lowest BCUT2D eigenvalue weighted by Crippen LogP contribution is -2.49. The van der Waals surface area contributed by atoms with Gasteiger partial charge in [0.1, 0.15) is 23.9 Å².